The van der Waals surface area contributed by atoms with Crippen molar-refractivity contribution in [2.24, 2.45) is 5.92 Å². The standard InChI is InChI=1S/C13H19N5O2/c1-3-10(7-20-9(2)19)4-5-18-8-16-11-6-15-13(14)17-12(11)18/h6,8,10H,3-5,7H2,1-2H3,(H2,14,15,17). The molecule has 20 heavy (non-hydrogen) atoms. The maximum Gasteiger partial charge on any atom is 0.302 e. The van der Waals surface area contributed by atoms with Crippen LogP contribution < -0.4 is 5.73 Å². The summed E-state index contributed by atoms with van der Waals surface area (Å²) >= 11 is 0. The Labute approximate surface area is 117 Å². The number of imidazole rings is 1. The van der Waals surface area contributed by atoms with Gasteiger partial charge in [0.25, 0.3) is 0 Å². The number of esters is 1. The number of hydrogen-bond donors (Lipinski definition) is 1. The number of carbonyl (C=O) groups excluding carboxylic acids is 1. The van der Waals surface area contributed by atoms with Crippen LogP contribution in [0.4, 0.5) is 5.95 Å². The molecule has 2 N–H and O–H groups in total. The molecular formula is C13H19N5O2. The first-order valence-electron chi connectivity index (χ1n) is 6.66. The van der Waals surface area contributed by atoms with Crippen LogP contribution in [0.5, 0.6) is 0 Å². The van der Waals surface area contributed by atoms with Crippen LogP contribution in [-0.2, 0) is 16.1 Å². The summed E-state index contributed by atoms with van der Waals surface area (Å²) in [5.74, 6) is 0.332. The Bertz CT molecular complexity index is 595. The average molecular weight is 277 g/mol. The molecule has 0 aromatic carbocycles. The van der Waals surface area contributed by atoms with Gasteiger partial charge >= 0.3 is 5.97 Å². The number of ether oxygens (including phenoxy) is 1. The largest absolute Gasteiger partial charge is 0.466 e. The minimum absolute atomic E-state index is 0.239. The van der Waals surface area contributed by atoms with Gasteiger partial charge in [-0.3, -0.25) is 4.79 Å². The van der Waals surface area contributed by atoms with Gasteiger partial charge in [-0.1, -0.05) is 6.92 Å². The second-order valence-corrected chi connectivity index (χ2v) is 4.74. The number of hydrogen-bond acceptors (Lipinski definition) is 6. The maximum absolute atomic E-state index is 10.8. The molecule has 1 atom stereocenters. The third kappa shape index (κ3) is 3.43. The van der Waals surface area contributed by atoms with Crippen LogP contribution in [0.15, 0.2) is 12.5 Å². The van der Waals surface area contributed by atoms with Gasteiger partial charge in [0.1, 0.15) is 5.52 Å². The van der Waals surface area contributed by atoms with Gasteiger partial charge in [0.05, 0.1) is 19.1 Å². The molecule has 1 unspecified atom stereocenters. The van der Waals surface area contributed by atoms with Crippen molar-refractivity contribution < 1.29 is 9.53 Å². The van der Waals surface area contributed by atoms with E-state index in [1.165, 1.54) is 6.92 Å². The van der Waals surface area contributed by atoms with Crippen LogP contribution in [0.25, 0.3) is 11.2 Å². The zero-order valence-corrected chi connectivity index (χ0v) is 11.7. The number of nitrogens with zero attached hydrogens (tertiary/aromatic N) is 4. The zero-order valence-electron chi connectivity index (χ0n) is 11.7. The predicted octanol–water partition coefficient (Wildman–Crippen LogP) is 1.39. The molecule has 0 aliphatic heterocycles. The van der Waals surface area contributed by atoms with E-state index in [-0.39, 0.29) is 11.9 Å². The number of aromatic nitrogens is 4. The highest BCUT2D eigenvalue weighted by Crippen LogP contribution is 2.14. The van der Waals surface area contributed by atoms with E-state index in [0.29, 0.717) is 12.5 Å². The van der Waals surface area contributed by atoms with Crippen molar-refractivity contribution in [2.45, 2.75) is 33.2 Å². The minimum atomic E-state index is -0.239. The summed E-state index contributed by atoms with van der Waals surface area (Å²) < 4.78 is 7.01. The fraction of sp³-hybridized carbons (Fsp3) is 0.538. The Balaban J connectivity index is 2.00. The van der Waals surface area contributed by atoms with E-state index in [2.05, 4.69) is 21.9 Å². The number of rotatable bonds is 6. The summed E-state index contributed by atoms with van der Waals surface area (Å²) in [5.41, 5.74) is 7.06. The van der Waals surface area contributed by atoms with Gasteiger partial charge in [0, 0.05) is 13.5 Å². The van der Waals surface area contributed by atoms with E-state index in [1.807, 2.05) is 4.57 Å². The van der Waals surface area contributed by atoms with E-state index in [4.69, 9.17) is 10.5 Å². The molecule has 0 saturated carbocycles. The molecule has 0 aliphatic rings. The molecule has 0 spiro atoms. The molecule has 0 bridgehead atoms. The number of carbonyl (C=O) groups is 1. The minimum Gasteiger partial charge on any atom is -0.466 e. The van der Waals surface area contributed by atoms with Crippen molar-refractivity contribution in [2.75, 3.05) is 12.3 Å². The molecule has 0 radical (unpaired) electrons. The van der Waals surface area contributed by atoms with E-state index in [9.17, 15) is 4.79 Å². The Hall–Kier alpha value is -2.18. The fourth-order valence-electron chi connectivity index (χ4n) is 1.99. The molecule has 2 heterocycles. The van der Waals surface area contributed by atoms with E-state index < -0.39 is 0 Å². The van der Waals surface area contributed by atoms with Crippen LogP contribution in [0.1, 0.15) is 26.7 Å². The molecule has 0 aliphatic carbocycles. The lowest BCUT2D eigenvalue weighted by Crippen LogP contribution is -2.14. The topological polar surface area (TPSA) is 95.9 Å². The first-order chi connectivity index (χ1) is 9.60. The Morgan fingerprint density at radius 1 is 1.50 bits per heavy atom. The van der Waals surface area contributed by atoms with Crippen molar-refractivity contribution >= 4 is 23.1 Å². The van der Waals surface area contributed by atoms with E-state index in [1.54, 1.807) is 12.5 Å². The summed E-state index contributed by atoms with van der Waals surface area (Å²) in [6.07, 6.45) is 5.19. The highest BCUT2D eigenvalue weighted by atomic mass is 16.5. The van der Waals surface area contributed by atoms with Crippen molar-refractivity contribution in [1.82, 2.24) is 19.5 Å². The van der Waals surface area contributed by atoms with E-state index >= 15 is 0 Å². The number of nitrogen functional groups attached to an aromatic ring is 1. The lowest BCUT2D eigenvalue weighted by Gasteiger charge is -2.14. The Morgan fingerprint density at radius 3 is 3.00 bits per heavy atom. The number of fused-ring (bicyclic) bond motifs is 1. The van der Waals surface area contributed by atoms with Crippen molar-refractivity contribution in [3.05, 3.63) is 12.5 Å². The van der Waals surface area contributed by atoms with Crippen LogP contribution >= 0.6 is 0 Å². The lowest BCUT2D eigenvalue weighted by molar-refractivity contribution is -0.142. The monoisotopic (exact) mass is 277 g/mol. The zero-order chi connectivity index (χ0) is 14.5. The number of aryl methyl sites for hydroxylation is 1. The first kappa shape index (κ1) is 14.2. The first-order valence-corrected chi connectivity index (χ1v) is 6.66. The maximum atomic E-state index is 10.8. The van der Waals surface area contributed by atoms with Gasteiger partial charge in [-0.15, -0.1) is 0 Å². The molecule has 7 heteroatoms. The molecule has 2 aromatic rings. The van der Waals surface area contributed by atoms with Crippen LogP contribution in [0.2, 0.25) is 0 Å². The summed E-state index contributed by atoms with van der Waals surface area (Å²) in [6, 6.07) is 0. The van der Waals surface area contributed by atoms with E-state index in [0.717, 1.165) is 30.6 Å². The second kappa shape index (κ2) is 6.31. The molecule has 2 aromatic heterocycles. The third-order valence-electron chi connectivity index (χ3n) is 3.25. The lowest BCUT2D eigenvalue weighted by atomic mass is 10.0. The molecule has 0 amide bonds. The molecule has 2 rings (SSSR count). The van der Waals surface area contributed by atoms with Crippen LogP contribution in [0.3, 0.4) is 0 Å². The molecule has 0 fully saturated rings. The molecular weight excluding hydrogens is 258 g/mol. The molecule has 108 valence electrons. The number of nitrogens with two attached hydrogens (primary N) is 1. The predicted molar refractivity (Wildman–Crippen MR) is 74.8 cm³/mol. The van der Waals surface area contributed by atoms with Gasteiger partial charge in [-0.2, -0.15) is 4.98 Å². The number of anilines is 1. The Kier molecular flexibility index (Phi) is 4.49. The normalized spacial score (nSPS) is 12.5. The van der Waals surface area contributed by atoms with Crippen molar-refractivity contribution in [3.63, 3.8) is 0 Å². The smallest absolute Gasteiger partial charge is 0.302 e. The average Bonchev–Trinajstić information content (AvgIpc) is 2.81. The van der Waals surface area contributed by atoms with Gasteiger partial charge in [0.2, 0.25) is 5.95 Å². The summed E-state index contributed by atoms with van der Waals surface area (Å²) in [5, 5.41) is 0. The van der Waals surface area contributed by atoms with Crippen LogP contribution in [-0.4, -0.2) is 32.1 Å². The van der Waals surface area contributed by atoms with Crippen molar-refractivity contribution in [3.8, 4) is 0 Å². The third-order valence-corrected chi connectivity index (χ3v) is 3.25. The van der Waals surface area contributed by atoms with Gasteiger partial charge < -0.3 is 15.0 Å². The van der Waals surface area contributed by atoms with Gasteiger partial charge in [-0.05, 0) is 18.8 Å². The second-order valence-electron chi connectivity index (χ2n) is 4.74. The van der Waals surface area contributed by atoms with Crippen molar-refractivity contribution in [1.29, 1.82) is 0 Å². The Morgan fingerprint density at radius 2 is 2.30 bits per heavy atom. The van der Waals surface area contributed by atoms with Gasteiger partial charge in [-0.25, -0.2) is 9.97 Å². The quantitative estimate of drug-likeness (QED) is 0.801. The summed E-state index contributed by atoms with van der Waals surface area (Å²) in [4.78, 5) is 23.2. The highest BCUT2D eigenvalue weighted by Gasteiger charge is 2.11. The highest BCUT2D eigenvalue weighted by molar-refractivity contribution is 5.70. The molecule has 7 nitrogen and oxygen atoms in total. The summed E-state index contributed by atoms with van der Waals surface area (Å²) in [7, 11) is 0. The fourth-order valence-corrected chi connectivity index (χ4v) is 1.99. The van der Waals surface area contributed by atoms with Gasteiger partial charge in [0.15, 0.2) is 5.65 Å². The molecule has 0 saturated heterocycles. The summed E-state index contributed by atoms with van der Waals surface area (Å²) in [6.45, 7) is 4.72. The van der Waals surface area contributed by atoms with Crippen LogP contribution in [0, 0.1) is 5.92 Å². The SMILES string of the molecule is CCC(CCn1cnc2cnc(N)nc21)COC(C)=O.